The van der Waals surface area contributed by atoms with Crippen LogP contribution in [0.2, 0.25) is 0 Å². The highest BCUT2D eigenvalue weighted by atomic mass is 32.2. The molecule has 0 N–H and O–H groups in total. The number of benzene rings is 7. The molecule has 0 radical (unpaired) electrons. The van der Waals surface area contributed by atoms with Crippen LogP contribution in [0, 0.1) is 11.8 Å². The second-order valence-corrected chi connectivity index (χ2v) is 19.4. The molecule has 0 spiro atoms. The van der Waals surface area contributed by atoms with Gasteiger partial charge >= 0.3 is 0 Å². The summed E-state index contributed by atoms with van der Waals surface area (Å²) in [6.07, 6.45) is -3.89. The van der Waals surface area contributed by atoms with E-state index >= 15 is 4.39 Å². The van der Waals surface area contributed by atoms with Gasteiger partial charge in [-0.1, -0.05) is 233 Å². The summed E-state index contributed by atoms with van der Waals surface area (Å²) in [5.41, 5.74) is 6.25. The van der Waals surface area contributed by atoms with E-state index in [4.69, 9.17) is 37.9 Å². The lowest BCUT2D eigenvalue weighted by Crippen LogP contribution is -2.55. The van der Waals surface area contributed by atoms with Crippen LogP contribution < -0.4 is 0 Å². The van der Waals surface area contributed by atoms with Crippen LogP contribution in [0.3, 0.4) is 0 Å². The normalized spacial score (nSPS) is 23.6. The summed E-state index contributed by atoms with van der Waals surface area (Å²) in [7, 11) is 0. The Labute approximate surface area is 437 Å². The third-order valence-corrected chi connectivity index (χ3v) is 14.1. The highest BCUT2D eigenvalue weighted by Crippen LogP contribution is 2.39. The van der Waals surface area contributed by atoms with Crippen LogP contribution in [0.5, 0.6) is 0 Å². The maximum atomic E-state index is 15.2. The van der Waals surface area contributed by atoms with E-state index in [1.807, 2.05) is 159 Å². The van der Waals surface area contributed by atoms with Crippen LogP contribution in [-0.2, 0) is 77.5 Å². The predicted octanol–water partition coefficient (Wildman–Crippen LogP) is 13.9. The molecular weight excluding hydrogens is 936 g/mol. The van der Waals surface area contributed by atoms with Crippen molar-refractivity contribution < 1.29 is 42.3 Å². The highest BCUT2D eigenvalue weighted by Gasteiger charge is 2.47. The monoisotopic (exact) mass is 1010 g/mol. The summed E-state index contributed by atoms with van der Waals surface area (Å²) in [4.78, 5) is 1.14. The molecule has 9 rings (SSSR count). The fourth-order valence-electron chi connectivity index (χ4n) is 8.82. The molecular formula is C63H71FO8S. The molecule has 73 heavy (non-hydrogen) atoms. The first-order valence-electron chi connectivity index (χ1n) is 25.0. The topological polar surface area (TPSA) is 73.8 Å². The van der Waals surface area contributed by atoms with Crippen molar-refractivity contribution in [1.82, 2.24) is 0 Å². The van der Waals surface area contributed by atoms with E-state index in [1.54, 1.807) is 11.8 Å². The molecule has 2 saturated heterocycles. The standard InChI is InChI=1S/C34H36O4S.C28H31FO4.CH4/c1-26-31(25-35-22-27-14-6-2-7-15-27)38-34(39-30-20-12-5-13-21-30)33(37-24-29-18-10-4-11-19-29)32(26)36-23-28-16-8-3-9-17-28;1-21-25(20-30-17-22-11-5-2-6-12-22)33-28(29)27(32-19-24-15-9-4-10-16-24)26(21)31-18-23-13-7-3-8-14-23;/h2-21,26,31-34H,22-25H2,1H3;2-16,21,25-28H,17-20H2,1H3;1H4/t26-,31?,32+,33?,34-;21-,25?,26+,27?,28?;/m00./s1. The van der Waals surface area contributed by atoms with Gasteiger partial charge in [0.05, 0.1) is 77.3 Å². The van der Waals surface area contributed by atoms with Gasteiger partial charge in [-0.25, -0.2) is 4.39 Å². The number of hydrogen-bond acceptors (Lipinski definition) is 9. The van der Waals surface area contributed by atoms with Crippen molar-refractivity contribution in [2.24, 2.45) is 11.8 Å². The van der Waals surface area contributed by atoms with Gasteiger partial charge in [-0.15, -0.1) is 0 Å². The Bertz CT molecular complexity index is 2520. The van der Waals surface area contributed by atoms with Crippen molar-refractivity contribution in [2.45, 2.75) is 114 Å². The quantitative estimate of drug-likeness (QED) is 0.0660. The Morgan fingerprint density at radius 2 is 0.658 bits per heavy atom. The summed E-state index contributed by atoms with van der Waals surface area (Å²) in [6.45, 7) is 7.65. The van der Waals surface area contributed by atoms with Crippen LogP contribution in [0.4, 0.5) is 4.39 Å². The number of rotatable bonds is 22. The zero-order valence-electron chi connectivity index (χ0n) is 41.2. The van der Waals surface area contributed by atoms with Gasteiger partial charge in [0, 0.05) is 16.7 Å². The first-order chi connectivity index (χ1) is 35.5. The van der Waals surface area contributed by atoms with Gasteiger partial charge in [0.15, 0.2) is 0 Å². The summed E-state index contributed by atoms with van der Waals surface area (Å²) >= 11 is 1.69. The van der Waals surface area contributed by atoms with Crippen LogP contribution in [0.1, 0.15) is 54.7 Å². The first-order valence-corrected chi connectivity index (χ1v) is 25.9. The summed E-state index contributed by atoms with van der Waals surface area (Å²) in [5.74, 6) is -0.0462. The summed E-state index contributed by atoms with van der Waals surface area (Å²) < 4.78 is 65.3. The van der Waals surface area contributed by atoms with Crippen molar-refractivity contribution >= 4 is 11.8 Å². The average Bonchev–Trinajstić information content (AvgIpc) is 3.43. The van der Waals surface area contributed by atoms with Crippen molar-refractivity contribution in [1.29, 1.82) is 0 Å². The minimum Gasteiger partial charge on any atom is -0.374 e. The SMILES string of the molecule is C.C[C@H]1C(COCc2ccccc2)OC(F)C(OCc2ccccc2)[C@@H]1OCc1ccccc1.C[C@H]1C(COCc2ccccc2)O[C@@H](Sc2ccccc2)C(OCc2ccccc2)[C@@H]1OCc1ccccc1. The summed E-state index contributed by atoms with van der Waals surface area (Å²) in [5, 5.41) is 0. The maximum Gasteiger partial charge on any atom is 0.228 e. The molecule has 0 bridgehead atoms. The molecule has 5 unspecified atom stereocenters. The molecule has 0 aromatic heterocycles. The van der Waals surface area contributed by atoms with Gasteiger partial charge in [-0.3, -0.25) is 0 Å². The van der Waals surface area contributed by atoms with E-state index in [9.17, 15) is 0 Å². The van der Waals surface area contributed by atoms with E-state index in [0.29, 0.717) is 46.2 Å². The predicted molar refractivity (Wildman–Crippen MR) is 288 cm³/mol. The summed E-state index contributed by atoms with van der Waals surface area (Å²) in [6, 6.07) is 70.7. The third kappa shape index (κ3) is 17.3. The van der Waals surface area contributed by atoms with Gasteiger partial charge < -0.3 is 37.9 Å². The zero-order valence-corrected chi connectivity index (χ0v) is 42.0. The molecule has 10 heteroatoms. The lowest BCUT2D eigenvalue weighted by Gasteiger charge is -2.45. The molecule has 2 aliphatic heterocycles. The van der Waals surface area contributed by atoms with Gasteiger partial charge in [-0.2, -0.15) is 0 Å². The van der Waals surface area contributed by atoms with Crippen molar-refractivity contribution in [3.63, 3.8) is 0 Å². The molecule has 7 aromatic rings. The first kappa shape index (κ1) is 55.3. The molecule has 0 amide bonds. The lowest BCUT2D eigenvalue weighted by atomic mass is 9.90. The Hall–Kier alpha value is -5.50. The van der Waals surface area contributed by atoms with Gasteiger partial charge in [0.2, 0.25) is 6.36 Å². The second-order valence-electron chi connectivity index (χ2n) is 18.3. The Balaban J connectivity index is 0.000000214. The second kappa shape index (κ2) is 30.0. The van der Waals surface area contributed by atoms with Crippen LogP contribution in [-0.4, -0.2) is 61.6 Å². The molecule has 7 aromatic carbocycles. The molecule has 0 saturated carbocycles. The Morgan fingerprint density at radius 1 is 0.370 bits per heavy atom. The molecule has 0 aliphatic carbocycles. The molecule has 2 heterocycles. The van der Waals surface area contributed by atoms with Crippen LogP contribution >= 0.6 is 11.8 Å². The number of halogens is 1. The molecule has 10 atom stereocenters. The van der Waals surface area contributed by atoms with E-state index in [2.05, 4.69) is 67.6 Å². The highest BCUT2D eigenvalue weighted by molar-refractivity contribution is 7.99. The molecule has 384 valence electrons. The minimum atomic E-state index is -1.60. The van der Waals surface area contributed by atoms with Gasteiger partial charge in [0.1, 0.15) is 17.6 Å². The van der Waals surface area contributed by atoms with Crippen LogP contribution in [0.25, 0.3) is 0 Å². The van der Waals surface area contributed by atoms with Gasteiger partial charge in [-0.05, 0) is 45.5 Å². The maximum absolute atomic E-state index is 15.2. The van der Waals surface area contributed by atoms with Crippen molar-refractivity contribution in [3.8, 4) is 0 Å². The Morgan fingerprint density at radius 3 is 1.03 bits per heavy atom. The fraction of sp³-hybridized carbons (Fsp3) is 0.333. The van der Waals surface area contributed by atoms with E-state index in [-0.39, 0.29) is 49.6 Å². The molecule has 2 aliphatic rings. The third-order valence-electron chi connectivity index (χ3n) is 12.9. The number of alkyl halides is 1. The fourth-order valence-corrected chi connectivity index (χ4v) is 9.96. The van der Waals surface area contributed by atoms with E-state index in [0.717, 1.165) is 38.3 Å². The van der Waals surface area contributed by atoms with Crippen molar-refractivity contribution in [2.75, 3.05) is 13.2 Å². The zero-order chi connectivity index (χ0) is 49.6. The van der Waals surface area contributed by atoms with E-state index in [1.165, 1.54) is 0 Å². The van der Waals surface area contributed by atoms with E-state index < -0.39 is 24.7 Å². The number of thioether (sulfide) groups is 1. The number of hydrogen-bond donors (Lipinski definition) is 0. The lowest BCUT2D eigenvalue weighted by molar-refractivity contribution is -0.273. The molecule has 2 fully saturated rings. The smallest absolute Gasteiger partial charge is 0.228 e. The largest absolute Gasteiger partial charge is 0.374 e. The molecule has 8 nitrogen and oxygen atoms in total. The minimum absolute atomic E-state index is 0. The average molecular weight is 1010 g/mol. The number of ether oxygens (including phenoxy) is 8. The van der Waals surface area contributed by atoms with Crippen LogP contribution in [0.15, 0.2) is 217 Å². The van der Waals surface area contributed by atoms with Crippen molar-refractivity contribution in [3.05, 3.63) is 246 Å². The van der Waals surface area contributed by atoms with Gasteiger partial charge in [0.25, 0.3) is 0 Å². The Kier molecular flexibility index (Phi) is 22.7.